The van der Waals surface area contributed by atoms with Gasteiger partial charge in [0, 0.05) is 0 Å². The molecule has 0 heterocycles. The number of nitrogens with one attached hydrogen (secondary N) is 1. The highest BCUT2D eigenvalue weighted by Gasteiger charge is 2.03. The van der Waals surface area contributed by atoms with Gasteiger partial charge in [-0.2, -0.15) is 0 Å². The maximum atomic E-state index is 11.0. The lowest BCUT2D eigenvalue weighted by molar-refractivity contribution is -0.852. The van der Waals surface area contributed by atoms with E-state index >= 15 is 0 Å². The summed E-state index contributed by atoms with van der Waals surface area (Å²) < 4.78 is 0. The minimum absolute atomic E-state index is 0.282. The first-order valence-corrected chi connectivity index (χ1v) is 7.69. The van der Waals surface area contributed by atoms with E-state index in [0.29, 0.717) is 5.06 Å². The zero-order valence-corrected chi connectivity index (χ0v) is 12.3. The predicted molar refractivity (Wildman–Crippen MR) is 76.2 cm³/mol. The van der Waals surface area contributed by atoms with E-state index in [1.165, 1.54) is 64.2 Å². The molecule has 0 amide bonds. The average Bonchev–Trinajstić information content (AvgIpc) is 2.31. The summed E-state index contributed by atoms with van der Waals surface area (Å²) in [6, 6.07) is 0.282. The minimum Gasteiger partial charge on any atom is -0.634 e. The molecule has 0 fully saturated rings. The van der Waals surface area contributed by atoms with Crippen LogP contribution in [0, 0.1) is 5.21 Å². The van der Waals surface area contributed by atoms with Crippen LogP contribution in [-0.4, -0.2) is 13.1 Å². The van der Waals surface area contributed by atoms with Crippen molar-refractivity contribution < 1.29 is 5.06 Å². The Kier molecular flexibility index (Phi) is 12.3. The molecule has 2 heteroatoms. The van der Waals surface area contributed by atoms with Gasteiger partial charge in [0.25, 0.3) is 0 Å². The van der Waals surface area contributed by atoms with Crippen LogP contribution in [0.15, 0.2) is 0 Å². The first-order chi connectivity index (χ1) is 8.18. The second-order valence-corrected chi connectivity index (χ2v) is 5.48. The van der Waals surface area contributed by atoms with E-state index in [1.54, 1.807) is 7.05 Å². The van der Waals surface area contributed by atoms with Crippen molar-refractivity contribution in [3.8, 4) is 0 Å². The van der Waals surface area contributed by atoms with E-state index in [1.807, 2.05) is 0 Å². The third-order valence-corrected chi connectivity index (χ3v) is 3.68. The van der Waals surface area contributed by atoms with Crippen molar-refractivity contribution in [2.75, 3.05) is 7.05 Å². The van der Waals surface area contributed by atoms with Gasteiger partial charge in [0.15, 0.2) is 0 Å². The van der Waals surface area contributed by atoms with Crippen LogP contribution in [0.25, 0.3) is 0 Å². The highest BCUT2D eigenvalue weighted by Crippen LogP contribution is 2.11. The van der Waals surface area contributed by atoms with Crippen LogP contribution in [0.4, 0.5) is 0 Å². The summed E-state index contributed by atoms with van der Waals surface area (Å²) in [5.74, 6) is 0. The highest BCUT2D eigenvalue weighted by atomic mass is 16.5. The van der Waals surface area contributed by atoms with E-state index in [4.69, 9.17) is 0 Å². The molecule has 2 nitrogen and oxygen atoms in total. The molecule has 104 valence electrons. The van der Waals surface area contributed by atoms with Crippen LogP contribution in [-0.2, 0) is 0 Å². The Morgan fingerprint density at radius 3 is 1.65 bits per heavy atom. The van der Waals surface area contributed by atoms with Crippen molar-refractivity contribution in [1.29, 1.82) is 0 Å². The summed E-state index contributed by atoms with van der Waals surface area (Å²) in [6.45, 7) is 4.32. The van der Waals surface area contributed by atoms with Crippen LogP contribution in [0.1, 0.15) is 84.5 Å². The van der Waals surface area contributed by atoms with E-state index in [9.17, 15) is 5.21 Å². The predicted octanol–water partition coefficient (Wildman–Crippen LogP) is 3.70. The van der Waals surface area contributed by atoms with Gasteiger partial charge in [0.05, 0.1) is 13.1 Å². The first-order valence-electron chi connectivity index (χ1n) is 7.69. The summed E-state index contributed by atoms with van der Waals surface area (Å²) >= 11 is 0. The topological polar surface area (TPSA) is 27.5 Å². The Labute approximate surface area is 108 Å². The van der Waals surface area contributed by atoms with E-state index < -0.39 is 0 Å². The third kappa shape index (κ3) is 12.2. The maximum Gasteiger partial charge on any atom is 0.0841 e. The van der Waals surface area contributed by atoms with E-state index in [2.05, 4.69) is 13.8 Å². The van der Waals surface area contributed by atoms with Gasteiger partial charge in [-0.25, -0.2) is 0 Å². The Balaban J connectivity index is 3.03. The van der Waals surface area contributed by atoms with Gasteiger partial charge in [0.2, 0.25) is 0 Å². The molecular formula is C15H33NO. The summed E-state index contributed by atoms with van der Waals surface area (Å²) in [5.41, 5.74) is 0. The molecule has 0 aliphatic carbocycles. The zero-order valence-electron chi connectivity index (χ0n) is 12.3. The summed E-state index contributed by atoms with van der Waals surface area (Å²) in [5, 5.41) is 11.4. The summed E-state index contributed by atoms with van der Waals surface area (Å²) in [4.78, 5) is 0. The number of rotatable bonds is 12. The first kappa shape index (κ1) is 16.9. The molecule has 0 aromatic rings. The number of hydrogen-bond donors (Lipinski definition) is 1. The largest absolute Gasteiger partial charge is 0.634 e. The molecule has 1 N–H and O–H groups in total. The number of hydroxylamine groups is 2. The fourth-order valence-electron chi connectivity index (χ4n) is 2.14. The molecule has 0 saturated carbocycles. The smallest absolute Gasteiger partial charge is 0.0841 e. The van der Waals surface area contributed by atoms with Crippen molar-refractivity contribution in [2.24, 2.45) is 0 Å². The molecular weight excluding hydrogens is 210 g/mol. The second kappa shape index (κ2) is 12.4. The second-order valence-electron chi connectivity index (χ2n) is 5.48. The average molecular weight is 243 g/mol. The fourth-order valence-corrected chi connectivity index (χ4v) is 2.14. The molecule has 1 unspecified atom stereocenters. The lowest BCUT2D eigenvalue weighted by atomic mass is 10.0. The monoisotopic (exact) mass is 243 g/mol. The zero-order chi connectivity index (χ0) is 12.9. The van der Waals surface area contributed by atoms with Crippen molar-refractivity contribution in [1.82, 2.24) is 0 Å². The fraction of sp³-hybridized carbons (Fsp3) is 1.00. The third-order valence-electron chi connectivity index (χ3n) is 3.68. The Morgan fingerprint density at radius 1 is 0.824 bits per heavy atom. The number of unbranched alkanes of at least 4 members (excludes halogenated alkanes) is 9. The Bertz CT molecular complexity index is 148. The van der Waals surface area contributed by atoms with Gasteiger partial charge < -0.3 is 10.3 Å². The number of hydrogen-bond acceptors (Lipinski definition) is 1. The Hall–Kier alpha value is -0.0800. The van der Waals surface area contributed by atoms with Gasteiger partial charge in [0.1, 0.15) is 0 Å². The Morgan fingerprint density at radius 2 is 1.24 bits per heavy atom. The van der Waals surface area contributed by atoms with Crippen LogP contribution >= 0.6 is 0 Å². The van der Waals surface area contributed by atoms with Crippen LogP contribution in [0.2, 0.25) is 0 Å². The molecule has 0 aliphatic heterocycles. The van der Waals surface area contributed by atoms with E-state index in [-0.39, 0.29) is 6.04 Å². The molecule has 0 aliphatic rings. The summed E-state index contributed by atoms with van der Waals surface area (Å²) in [6.07, 6.45) is 14.8. The molecule has 17 heavy (non-hydrogen) atoms. The maximum absolute atomic E-state index is 11.0. The van der Waals surface area contributed by atoms with Crippen LogP contribution < -0.4 is 5.06 Å². The molecule has 0 radical (unpaired) electrons. The minimum atomic E-state index is 0.282. The highest BCUT2D eigenvalue weighted by molar-refractivity contribution is 4.51. The van der Waals surface area contributed by atoms with Gasteiger partial charge in [-0.05, 0) is 19.8 Å². The quantitative estimate of drug-likeness (QED) is 0.411. The molecule has 0 saturated heterocycles. The van der Waals surface area contributed by atoms with Gasteiger partial charge in [-0.1, -0.05) is 64.7 Å². The molecule has 0 aromatic heterocycles. The van der Waals surface area contributed by atoms with E-state index in [0.717, 1.165) is 6.42 Å². The lowest BCUT2D eigenvalue weighted by Gasteiger charge is -2.24. The van der Waals surface area contributed by atoms with Crippen LogP contribution in [0.5, 0.6) is 0 Å². The van der Waals surface area contributed by atoms with Crippen molar-refractivity contribution in [3.63, 3.8) is 0 Å². The van der Waals surface area contributed by atoms with Crippen molar-refractivity contribution in [2.45, 2.75) is 90.5 Å². The van der Waals surface area contributed by atoms with Crippen molar-refractivity contribution in [3.05, 3.63) is 5.21 Å². The molecule has 0 rings (SSSR count). The van der Waals surface area contributed by atoms with Gasteiger partial charge in [-0.15, -0.1) is 0 Å². The van der Waals surface area contributed by atoms with Gasteiger partial charge >= 0.3 is 0 Å². The standard InChI is InChI=1S/C15H33NO/c1-4-5-6-7-8-9-10-11-12-13-14-15(2)16(3)17/h15-16H,4-14H2,1-3H3/t15-/m0/s1. The lowest BCUT2D eigenvalue weighted by Crippen LogP contribution is -3.07. The number of quaternary nitrogens is 1. The summed E-state index contributed by atoms with van der Waals surface area (Å²) in [7, 11) is 1.71. The molecule has 0 spiro atoms. The molecule has 2 atom stereocenters. The molecule has 0 bridgehead atoms. The van der Waals surface area contributed by atoms with Crippen LogP contribution in [0.3, 0.4) is 0 Å². The normalized spacial score (nSPS) is 14.8. The van der Waals surface area contributed by atoms with Crippen molar-refractivity contribution >= 4 is 0 Å². The van der Waals surface area contributed by atoms with Gasteiger partial charge in [-0.3, -0.25) is 0 Å². The SMILES string of the molecule is CCCCCCCCCCCC[C@H](C)[NH+](C)[O-]. The molecule has 0 aromatic carbocycles.